The Morgan fingerprint density at radius 3 is 2.24 bits per heavy atom. The Kier molecular flexibility index (Phi) is 14.9. The zero-order valence-corrected chi connectivity index (χ0v) is 20.2. The number of unbranched alkanes of at least 4 members (excludes halogenated alkanes) is 9. The molecule has 0 atom stereocenters. The number of phenolic OH excluding ortho intramolecular Hbond substituents is 1. The molecule has 9 nitrogen and oxygen atoms in total. The van der Waals surface area contributed by atoms with Gasteiger partial charge < -0.3 is 30.0 Å². The van der Waals surface area contributed by atoms with E-state index in [2.05, 4.69) is 22.5 Å². The number of anilines is 1. The minimum Gasteiger partial charge on any atom is -0.504 e. The number of nitrogens with one attached hydrogen (secondary N) is 2. The number of ether oxygens (including phenoxy) is 3. The fraction of sp³-hybridized carbons (Fsp3) is 0.625. The van der Waals surface area contributed by atoms with Gasteiger partial charge in [-0.25, -0.2) is 14.6 Å². The second kappa shape index (κ2) is 17.6. The Bertz CT molecular complexity index is 739. The van der Waals surface area contributed by atoms with Crippen molar-refractivity contribution in [2.24, 2.45) is 4.99 Å². The minimum atomic E-state index is -0.859. The number of urea groups is 1. The largest absolute Gasteiger partial charge is 0.513 e. The number of amides is 2. The van der Waals surface area contributed by atoms with Crippen LogP contribution in [0.5, 0.6) is 11.5 Å². The van der Waals surface area contributed by atoms with E-state index in [9.17, 15) is 14.7 Å². The molecule has 33 heavy (non-hydrogen) atoms. The third kappa shape index (κ3) is 12.6. The van der Waals surface area contributed by atoms with Crippen molar-refractivity contribution in [3.05, 3.63) is 12.1 Å². The van der Waals surface area contributed by atoms with Crippen molar-refractivity contribution in [2.75, 3.05) is 25.6 Å². The maximum absolute atomic E-state index is 12.0. The fourth-order valence-corrected chi connectivity index (χ4v) is 3.15. The first-order chi connectivity index (χ1) is 16.0. The van der Waals surface area contributed by atoms with Gasteiger partial charge in [-0.3, -0.25) is 0 Å². The minimum absolute atomic E-state index is 0.0317. The Labute approximate surface area is 196 Å². The number of hydrogen-bond acceptors (Lipinski definition) is 7. The number of carbonyl (C=O) groups is 2. The molecule has 2 amide bonds. The lowest BCUT2D eigenvalue weighted by Gasteiger charge is -2.12. The van der Waals surface area contributed by atoms with Crippen molar-refractivity contribution in [1.29, 1.82) is 0 Å². The highest BCUT2D eigenvalue weighted by Crippen LogP contribution is 2.38. The maximum atomic E-state index is 12.0. The van der Waals surface area contributed by atoms with Gasteiger partial charge in [0, 0.05) is 18.7 Å². The van der Waals surface area contributed by atoms with Gasteiger partial charge in [-0.2, -0.15) is 0 Å². The Morgan fingerprint density at radius 2 is 1.64 bits per heavy atom. The second-order valence-electron chi connectivity index (χ2n) is 7.68. The number of benzene rings is 1. The SMILES string of the molecule is CCCCCCCCCCCCOC(=O)Oc1cc(N=COC)c(O)c(NC(=O)NCC)c1. The summed E-state index contributed by atoms with van der Waals surface area (Å²) in [6.07, 6.45) is 12.1. The summed E-state index contributed by atoms with van der Waals surface area (Å²) < 4.78 is 15.1. The Hall–Kier alpha value is -2.97. The van der Waals surface area contributed by atoms with Crippen LogP contribution < -0.4 is 15.4 Å². The molecular weight excluding hydrogens is 426 g/mol. The molecule has 0 spiro atoms. The normalized spacial score (nSPS) is 10.8. The van der Waals surface area contributed by atoms with Crippen molar-refractivity contribution in [3.8, 4) is 11.5 Å². The van der Waals surface area contributed by atoms with E-state index in [1.807, 2.05) is 0 Å². The van der Waals surface area contributed by atoms with Crippen LogP contribution in [0.4, 0.5) is 21.0 Å². The smallest absolute Gasteiger partial charge is 0.504 e. The van der Waals surface area contributed by atoms with Crippen LogP contribution >= 0.6 is 0 Å². The summed E-state index contributed by atoms with van der Waals surface area (Å²) in [5.74, 6) is -0.225. The van der Waals surface area contributed by atoms with Crippen molar-refractivity contribution < 1.29 is 28.9 Å². The molecule has 0 aliphatic heterocycles. The summed E-state index contributed by atoms with van der Waals surface area (Å²) in [5.41, 5.74) is 0.0906. The van der Waals surface area contributed by atoms with Crippen LogP contribution in [0.1, 0.15) is 78.1 Å². The van der Waals surface area contributed by atoms with Crippen LogP contribution in [0.3, 0.4) is 0 Å². The van der Waals surface area contributed by atoms with E-state index in [-0.39, 0.29) is 29.5 Å². The molecule has 0 fully saturated rings. The van der Waals surface area contributed by atoms with E-state index < -0.39 is 12.2 Å². The molecule has 0 radical (unpaired) electrons. The topological polar surface area (TPSA) is 118 Å². The number of rotatable bonds is 16. The lowest BCUT2D eigenvalue weighted by Crippen LogP contribution is -2.28. The van der Waals surface area contributed by atoms with E-state index in [1.165, 1.54) is 64.2 Å². The summed E-state index contributed by atoms with van der Waals surface area (Å²) in [4.78, 5) is 27.8. The van der Waals surface area contributed by atoms with Crippen molar-refractivity contribution in [2.45, 2.75) is 78.1 Å². The van der Waals surface area contributed by atoms with Crippen molar-refractivity contribution >= 4 is 30.0 Å². The Balaban J connectivity index is 2.46. The van der Waals surface area contributed by atoms with Gasteiger partial charge in [-0.15, -0.1) is 0 Å². The summed E-state index contributed by atoms with van der Waals surface area (Å²) in [5, 5.41) is 15.4. The summed E-state index contributed by atoms with van der Waals surface area (Å²) in [7, 11) is 1.40. The van der Waals surface area contributed by atoms with Gasteiger partial charge in [0.1, 0.15) is 11.4 Å². The Morgan fingerprint density at radius 1 is 1.00 bits per heavy atom. The van der Waals surface area contributed by atoms with Crippen LogP contribution in [0.25, 0.3) is 0 Å². The molecule has 3 N–H and O–H groups in total. The van der Waals surface area contributed by atoms with E-state index in [4.69, 9.17) is 14.2 Å². The van der Waals surface area contributed by atoms with Gasteiger partial charge in [-0.1, -0.05) is 64.7 Å². The van der Waals surface area contributed by atoms with Crippen LogP contribution in [-0.4, -0.2) is 44.0 Å². The molecule has 0 unspecified atom stereocenters. The average Bonchev–Trinajstić information content (AvgIpc) is 2.78. The number of aromatic hydroxyl groups is 1. The lowest BCUT2D eigenvalue weighted by molar-refractivity contribution is 0.0973. The summed E-state index contributed by atoms with van der Waals surface area (Å²) >= 11 is 0. The highest BCUT2D eigenvalue weighted by molar-refractivity contribution is 5.93. The predicted octanol–water partition coefficient (Wildman–Crippen LogP) is 6.28. The molecule has 0 aliphatic carbocycles. The molecule has 186 valence electrons. The molecule has 1 rings (SSSR count). The first-order valence-corrected chi connectivity index (χ1v) is 11.8. The zero-order chi connectivity index (χ0) is 24.3. The molecule has 1 aromatic rings. The number of hydrogen-bond donors (Lipinski definition) is 3. The van der Waals surface area contributed by atoms with Gasteiger partial charge in [0.25, 0.3) is 0 Å². The molecule has 1 aromatic carbocycles. The van der Waals surface area contributed by atoms with Gasteiger partial charge in [-0.05, 0) is 13.3 Å². The van der Waals surface area contributed by atoms with Gasteiger partial charge >= 0.3 is 12.2 Å². The molecule has 0 saturated heterocycles. The molecular formula is C24H39N3O6. The van der Waals surface area contributed by atoms with Crippen molar-refractivity contribution in [3.63, 3.8) is 0 Å². The standard InChI is InChI=1S/C24H39N3O6/c1-4-6-7-8-9-10-11-12-13-14-15-32-24(30)33-19-16-20(26-18-31-3)22(28)21(17-19)27-23(29)25-5-2/h16-18,28H,4-15H2,1-3H3,(H2,25,27,29). The third-order valence-electron chi connectivity index (χ3n) is 4.87. The second-order valence-corrected chi connectivity index (χ2v) is 7.68. The van der Waals surface area contributed by atoms with Gasteiger partial charge in [0.15, 0.2) is 12.2 Å². The number of methoxy groups -OCH3 is 1. The fourth-order valence-electron chi connectivity index (χ4n) is 3.15. The van der Waals surface area contributed by atoms with Crippen LogP contribution in [0.15, 0.2) is 17.1 Å². The molecule has 0 aliphatic rings. The monoisotopic (exact) mass is 465 g/mol. The van der Waals surface area contributed by atoms with Gasteiger partial charge in [0.2, 0.25) is 0 Å². The predicted molar refractivity (Wildman–Crippen MR) is 130 cm³/mol. The van der Waals surface area contributed by atoms with E-state index in [0.717, 1.165) is 25.7 Å². The average molecular weight is 466 g/mol. The van der Waals surface area contributed by atoms with Crippen molar-refractivity contribution in [1.82, 2.24) is 5.32 Å². The number of phenols is 1. The van der Waals surface area contributed by atoms with Crippen LogP contribution in [0, 0.1) is 0 Å². The van der Waals surface area contributed by atoms with E-state index in [1.54, 1.807) is 6.92 Å². The van der Waals surface area contributed by atoms with Crippen LogP contribution in [0.2, 0.25) is 0 Å². The quantitative estimate of drug-likeness (QED) is 0.0660. The number of aliphatic imine (C=N–C) groups is 1. The van der Waals surface area contributed by atoms with E-state index in [0.29, 0.717) is 6.54 Å². The van der Waals surface area contributed by atoms with Gasteiger partial charge in [0.05, 0.1) is 19.4 Å². The number of nitrogens with zero attached hydrogens (tertiary/aromatic N) is 1. The maximum Gasteiger partial charge on any atom is 0.513 e. The highest BCUT2D eigenvalue weighted by Gasteiger charge is 2.15. The molecule has 0 heterocycles. The summed E-state index contributed by atoms with van der Waals surface area (Å²) in [6.45, 7) is 4.66. The molecule has 0 bridgehead atoms. The summed E-state index contributed by atoms with van der Waals surface area (Å²) in [6, 6.07) is 2.14. The van der Waals surface area contributed by atoms with E-state index >= 15 is 0 Å². The first-order valence-electron chi connectivity index (χ1n) is 11.8. The zero-order valence-electron chi connectivity index (χ0n) is 20.2. The molecule has 9 heteroatoms. The molecule has 0 saturated carbocycles. The number of carbonyl (C=O) groups excluding carboxylic acids is 2. The first kappa shape index (κ1) is 28.1. The lowest BCUT2D eigenvalue weighted by atomic mass is 10.1. The van der Waals surface area contributed by atoms with Crippen LogP contribution in [-0.2, 0) is 9.47 Å². The molecule has 0 aromatic heterocycles. The highest BCUT2D eigenvalue weighted by atomic mass is 16.7. The third-order valence-corrected chi connectivity index (χ3v) is 4.87.